The minimum Gasteiger partial charge on any atom is -0.394 e. The smallest absolute Gasteiger partial charge is 0.253 e. The summed E-state index contributed by atoms with van der Waals surface area (Å²) in [4.78, 5) is 12.9. The number of aliphatic hydroxyl groups is 2. The second-order valence-electron chi connectivity index (χ2n) is 13.0. The van der Waals surface area contributed by atoms with Crippen LogP contribution >= 0.6 is 0 Å². The highest BCUT2D eigenvalue weighted by atomic mass is 16.7. The number of hydrogen-bond donors (Lipinski definition) is 3. The van der Waals surface area contributed by atoms with Crippen molar-refractivity contribution in [2.24, 2.45) is 0 Å². The van der Waals surface area contributed by atoms with E-state index < -0.39 is 18.2 Å². The lowest BCUT2D eigenvalue weighted by Crippen LogP contribution is -2.49. The molecule has 3 atom stereocenters. The summed E-state index contributed by atoms with van der Waals surface area (Å²) in [7, 11) is 1.53. The Balaban J connectivity index is 4.08. The van der Waals surface area contributed by atoms with Crippen molar-refractivity contribution in [3.8, 4) is 0 Å². The van der Waals surface area contributed by atoms with Crippen molar-refractivity contribution in [2.45, 2.75) is 205 Å². The van der Waals surface area contributed by atoms with Crippen molar-refractivity contribution in [3.63, 3.8) is 0 Å². The van der Waals surface area contributed by atoms with Gasteiger partial charge in [0.25, 0.3) is 5.91 Å². The standard InChI is InChI=1S/C38H75NO5/c1-4-6-8-10-12-14-16-18-20-22-24-26-28-30-32-37(44-34-43-3)38(42)39-35(33-40)36(41)31-29-27-25-23-21-19-17-15-13-11-9-7-5-2/h30,32,35-37,40-41H,4-29,31,33-34H2,1-3H3,(H,39,42)/b32-30-/t35-,36+,37-/m0/s1. The van der Waals surface area contributed by atoms with Gasteiger partial charge in [-0.25, -0.2) is 0 Å². The van der Waals surface area contributed by atoms with Crippen LogP contribution in [-0.4, -0.2) is 54.9 Å². The van der Waals surface area contributed by atoms with E-state index in [4.69, 9.17) is 9.47 Å². The van der Waals surface area contributed by atoms with E-state index in [-0.39, 0.29) is 19.3 Å². The third-order valence-corrected chi connectivity index (χ3v) is 8.75. The summed E-state index contributed by atoms with van der Waals surface area (Å²) in [5.41, 5.74) is 0. The van der Waals surface area contributed by atoms with Crippen LogP contribution in [0.15, 0.2) is 12.2 Å². The van der Waals surface area contributed by atoms with Crippen molar-refractivity contribution < 1.29 is 24.5 Å². The van der Waals surface area contributed by atoms with Crippen molar-refractivity contribution in [3.05, 3.63) is 12.2 Å². The molecular formula is C38H75NO5. The molecule has 0 saturated heterocycles. The Labute approximate surface area is 273 Å². The molecule has 262 valence electrons. The first-order valence-corrected chi connectivity index (χ1v) is 19.0. The number of rotatable bonds is 35. The van der Waals surface area contributed by atoms with Crippen LogP contribution in [0.25, 0.3) is 0 Å². The number of carbonyl (C=O) groups is 1. The van der Waals surface area contributed by atoms with E-state index in [9.17, 15) is 15.0 Å². The molecule has 3 N–H and O–H groups in total. The fourth-order valence-corrected chi connectivity index (χ4v) is 5.78. The maximum atomic E-state index is 12.9. The Bertz CT molecular complexity index is 614. The Morgan fingerprint density at radius 2 is 1.07 bits per heavy atom. The normalized spacial score (nSPS) is 13.8. The van der Waals surface area contributed by atoms with E-state index in [0.29, 0.717) is 6.42 Å². The maximum absolute atomic E-state index is 12.9. The van der Waals surface area contributed by atoms with Gasteiger partial charge in [-0.05, 0) is 19.3 Å². The number of nitrogens with one attached hydrogen (secondary N) is 1. The van der Waals surface area contributed by atoms with Gasteiger partial charge in [-0.2, -0.15) is 0 Å². The summed E-state index contributed by atoms with van der Waals surface area (Å²) < 4.78 is 10.6. The van der Waals surface area contributed by atoms with Crippen molar-refractivity contribution in [1.82, 2.24) is 5.32 Å². The Kier molecular flexibility index (Phi) is 34.2. The molecule has 0 unspecified atom stereocenters. The zero-order chi connectivity index (χ0) is 32.4. The largest absolute Gasteiger partial charge is 0.394 e. The van der Waals surface area contributed by atoms with E-state index in [1.807, 2.05) is 6.08 Å². The number of methoxy groups -OCH3 is 1. The molecule has 0 spiro atoms. The van der Waals surface area contributed by atoms with Crippen molar-refractivity contribution in [1.29, 1.82) is 0 Å². The summed E-state index contributed by atoms with van der Waals surface area (Å²) in [6, 6.07) is -0.696. The summed E-state index contributed by atoms with van der Waals surface area (Å²) in [6.07, 6.45) is 36.1. The minimum atomic E-state index is -0.801. The van der Waals surface area contributed by atoms with Gasteiger partial charge in [-0.3, -0.25) is 4.79 Å². The summed E-state index contributed by atoms with van der Waals surface area (Å²) in [5.74, 6) is -0.351. The van der Waals surface area contributed by atoms with Crippen LogP contribution in [0.1, 0.15) is 187 Å². The van der Waals surface area contributed by atoms with Gasteiger partial charge >= 0.3 is 0 Å². The van der Waals surface area contributed by atoms with Crippen LogP contribution in [0, 0.1) is 0 Å². The second kappa shape index (κ2) is 34.9. The molecule has 0 fully saturated rings. The fourth-order valence-electron chi connectivity index (χ4n) is 5.78. The van der Waals surface area contributed by atoms with Gasteiger partial charge in [-0.15, -0.1) is 0 Å². The number of amides is 1. The number of allylic oxidation sites excluding steroid dienone is 1. The highest BCUT2D eigenvalue weighted by molar-refractivity contribution is 5.83. The number of ether oxygens (including phenoxy) is 2. The fraction of sp³-hybridized carbons (Fsp3) is 0.921. The van der Waals surface area contributed by atoms with E-state index in [1.165, 1.54) is 148 Å². The summed E-state index contributed by atoms with van der Waals surface area (Å²) in [5, 5.41) is 23.3. The molecule has 0 bridgehead atoms. The van der Waals surface area contributed by atoms with E-state index in [2.05, 4.69) is 19.2 Å². The predicted molar refractivity (Wildman–Crippen MR) is 187 cm³/mol. The van der Waals surface area contributed by atoms with Gasteiger partial charge in [0.1, 0.15) is 6.79 Å². The van der Waals surface area contributed by atoms with E-state index >= 15 is 0 Å². The topological polar surface area (TPSA) is 88.0 Å². The van der Waals surface area contributed by atoms with Gasteiger partial charge in [0.2, 0.25) is 0 Å². The van der Waals surface area contributed by atoms with E-state index in [0.717, 1.165) is 25.7 Å². The van der Waals surface area contributed by atoms with Gasteiger partial charge < -0.3 is 25.0 Å². The molecular weight excluding hydrogens is 550 g/mol. The lowest BCUT2D eigenvalue weighted by Gasteiger charge is -2.24. The third kappa shape index (κ3) is 28.5. The molecule has 1 amide bonds. The lowest BCUT2D eigenvalue weighted by atomic mass is 10.0. The summed E-state index contributed by atoms with van der Waals surface area (Å²) in [6.45, 7) is 4.23. The molecule has 0 aromatic heterocycles. The summed E-state index contributed by atoms with van der Waals surface area (Å²) >= 11 is 0. The zero-order valence-corrected chi connectivity index (χ0v) is 29.5. The van der Waals surface area contributed by atoms with Crippen LogP contribution in [0.5, 0.6) is 0 Å². The van der Waals surface area contributed by atoms with Crippen LogP contribution in [0.2, 0.25) is 0 Å². The SMILES string of the molecule is CCCCCCCCCCCCCC/C=C\[C@H](OCOC)C(=O)N[C@@H](CO)[C@H](O)CCCCCCCCCCCCCCC. The molecule has 0 radical (unpaired) electrons. The van der Waals surface area contributed by atoms with E-state index in [1.54, 1.807) is 6.08 Å². The zero-order valence-electron chi connectivity index (χ0n) is 29.5. The van der Waals surface area contributed by atoms with Crippen LogP contribution in [-0.2, 0) is 14.3 Å². The first kappa shape index (κ1) is 43.0. The average molecular weight is 626 g/mol. The predicted octanol–water partition coefficient (Wildman–Crippen LogP) is 9.94. The van der Waals surface area contributed by atoms with Crippen molar-refractivity contribution >= 4 is 5.91 Å². The highest BCUT2D eigenvalue weighted by Crippen LogP contribution is 2.15. The van der Waals surface area contributed by atoms with Crippen LogP contribution in [0.3, 0.4) is 0 Å². The Morgan fingerprint density at radius 1 is 0.659 bits per heavy atom. The molecule has 0 saturated carbocycles. The molecule has 0 aliphatic carbocycles. The van der Waals surface area contributed by atoms with Crippen LogP contribution < -0.4 is 5.32 Å². The molecule has 0 aromatic rings. The average Bonchev–Trinajstić information content (AvgIpc) is 3.03. The Hall–Kier alpha value is -0.950. The second-order valence-corrected chi connectivity index (χ2v) is 13.0. The van der Waals surface area contributed by atoms with Crippen LogP contribution in [0.4, 0.5) is 0 Å². The molecule has 6 nitrogen and oxygen atoms in total. The number of aliphatic hydroxyl groups excluding tert-OH is 2. The molecule has 44 heavy (non-hydrogen) atoms. The first-order chi connectivity index (χ1) is 21.6. The van der Waals surface area contributed by atoms with Gasteiger partial charge in [0.05, 0.1) is 18.8 Å². The number of hydrogen-bond acceptors (Lipinski definition) is 5. The molecule has 0 rings (SSSR count). The lowest BCUT2D eigenvalue weighted by molar-refractivity contribution is -0.139. The molecule has 0 heterocycles. The highest BCUT2D eigenvalue weighted by Gasteiger charge is 2.24. The van der Waals surface area contributed by atoms with Gasteiger partial charge in [-0.1, -0.05) is 180 Å². The monoisotopic (exact) mass is 626 g/mol. The number of carbonyl (C=O) groups excluding carboxylic acids is 1. The molecule has 0 aliphatic rings. The molecule has 0 aromatic carbocycles. The third-order valence-electron chi connectivity index (χ3n) is 8.75. The quantitative estimate of drug-likeness (QED) is 0.0371. The number of unbranched alkanes of at least 4 members (excludes halogenated alkanes) is 24. The first-order valence-electron chi connectivity index (χ1n) is 19.0. The van der Waals surface area contributed by atoms with Crippen molar-refractivity contribution in [2.75, 3.05) is 20.5 Å². The minimum absolute atomic E-state index is 0.00628. The Morgan fingerprint density at radius 3 is 1.48 bits per heavy atom. The van der Waals surface area contributed by atoms with Gasteiger partial charge in [0.15, 0.2) is 6.10 Å². The molecule has 6 heteroatoms. The maximum Gasteiger partial charge on any atom is 0.253 e. The molecule has 0 aliphatic heterocycles. The van der Waals surface area contributed by atoms with Gasteiger partial charge in [0, 0.05) is 7.11 Å².